The standard InChI is InChI=1S/C17H24N2O3/c1-19(12-14-5-3-2-4-6-14)17(22)18-11-13-7-9-15(10-8-13)16(20)21/h2-6,13,15H,7-12H2,1H3,(H,18,22)(H,20,21). The number of amides is 2. The minimum absolute atomic E-state index is 0.0794. The highest BCUT2D eigenvalue weighted by molar-refractivity contribution is 5.73. The summed E-state index contributed by atoms with van der Waals surface area (Å²) < 4.78 is 0. The zero-order valence-electron chi connectivity index (χ0n) is 13.0. The van der Waals surface area contributed by atoms with Crippen LogP contribution in [-0.4, -0.2) is 35.6 Å². The van der Waals surface area contributed by atoms with Crippen LogP contribution in [0.1, 0.15) is 31.2 Å². The highest BCUT2D eigenvalue weighted by atomic mass is 16.4. The van der Waals surface area contributed by atoms with E-state index < -0.39 is 5.97 Å². The zero-order valence-corrected chi connectivity index (χ0v) is 13.0. The van der Waals surface area contributed by atoms with Crippen molar-refractivity contribution in [2.45, 2.75) is 32.2 Å². The molecule has 0 unspecified atom stereocenters. The number of carboxylic acids is 1. The fraction of sp³-hybridized carbons (Fsp3) is 0.529. The van der Waals surface area contributed by atoms with Crippen LogP contribution in [0.4, 0.5) is 4.79 Å². The number of hydrogen-bond donors (Lipinski definition) is 2. The Morgan fingerprint density at radius 1 is 1.18 bits per heavy atom. The van der Waals surface area contributed by atoms with Crippen LogP contribution in [-0.2, 0) is 11.3 Å². The summed E-state index contributed by atoms with van der Waals surface area (Å²) in [6, 6.07) is 9.79. The minimum Gasteiger partial charge on any atom is -0.481 e. The molecule has 5 heteroatoms. The zero-order chi connectivity index (χ0) is 15.9. The number of carbonyl (C=O) groups is 2. The lowest BCUT2D eigenvalue weighted by Crippen LogP contribution is -2.40. The summed E-state index contributed by atoms with van der Waals surface area (Å²) in [6.45, 7) is 1.21. The fourth-order valence-corrected chi connectivity index (χ4v) is 2.91. The van der Waals surface area contributed by atoms with Gasteiger partial charge in [-0.1, -0.05) is 30.3 Å². The number of aliphatic carboxylic acids is 1. The van der Waals surface area contributed by atoms with E-state index in [0.29, 0.717) is 19.0 Å². The molecule has 1 fully saturated rings. The third-order valence-corrected chi connectivity index (χ3v) is 4.35. The number of benzene rings is 1. The van der Waals surface area contributed by atoms with Crippen molar-refractivity contribution in [1.82, 2.24) is 10.2 Å². The van der Waals surface area contributed by atoms with Crippen molar-refractivity contribution >= 4 is 12.0 Å². The molecule has 0 radical (unpaired) electrons. The molecule has 0 heterocycles. The number of hydrogen-bond acceptors (Lipinski definition) is 2. The Balaban J connectivity index is 1.70. The molecule has 2 N–H and O–H groups in total. The van der Waals surface area contributed by atoms with E-state index >= 15 is 0 Å². The third-order valence-electron chi connectivity index (χ3n) is 4.35. The smallest absolute Gasteiger partial charge is 0.317 e. The normalized spacial score (nSPS) is 21.1. The van der Waals surface area contributed by atoms with Crippen molar-refractivity contribution in [2.75, 3.05) is 13.6 Å². The maximum Gasteiger partial charge on any atom is 0.317 e. The summed E-state index contributed by atoms with van der Waals surface area (Å²) in [7, 11) is 1.78. The Bertz CT molecular complexity index is 496. The summed E-state index contributed by atoms with van der Waals surface area (Å²) in [5.74, 6) is -0.498. The van der Waals surface area contributed by atoms with Gasteiger partial charge in [-0.25, -0.2) is 4.79 Å². The molecule has 2 amide bonds. The number of rotatable bonds is 5. The van der Waals surface area contributed by atoms with Crippen molar-refractivity contribution in [3.63, 3.8) is 0 Å². The van der Waals surface area contributed by atoms with E-state index in [0.717, 1.165) is 31.2 Å². The van der Waals surface area contributed by atoms with Gasteiger partial charge in [-0.15, -0.1) is 0 Å². The van der Waals surface area contributed by atoms with Crippen LogP contribution in [0.3, 0.4) is 0 Å². The van der Waals surface area contributed by atoms with Gasteiger partial charge in [-0.3, -0.25) is 4.79 Å². The molecule has 0 saturated heterocycles. The van der Waals surface area contributed by atoms with E-state index in [4.69, 9.17) is 5.11 Å². The molecule has 1 aromatic rings. The van der Waals surface area contributed by atoms with E-state index in [2.05, 4.69) is 5.32 Å². The quantitative estimate of drug-likeness (QED) is 0.878. The SMILES string of the molecule is CN(Cc1ccccc1)C(=O)NCC1CCC(C(=O)O)CC1. The van der Waals surface area contributed by atoms with Gasteiger partial charge in [0, 0.05) is 20.1 Å². The number of carboxylic acid groups (broad SMARTS) is 1. The molecule has 1 saturated carbocycles. The lowest BCUT2D eigenvalue weighted by molar-refractivity contribution is -0.143. The lowest BCUT2D eigenvalue weighted by Gasteiger charge is -2.27. The van der Waals surface area contributed by atoms with Crippen LogP contribution in [0.2, 0.25) is 0 Å². The summed E-state index contributed by atoms with van der Waals surface area (Å²) in [4.78, 5) is 24.7. The predicted octanol–water partition coefficient (Wildman–Crippen LogP) is 2.72. The Labute approximate surface area is 131 Å². The first-order valence-corrected chi connectivity index (χ1v) is 7.82. The molecular formula is C17H24N2O3. The molecule has 0 aliphatic heterocycles. The largest absolute Gasteiger partial charge is 0.481 e. The monoisotopic (exact) mass is 304 g/mol. The Morgan fingerprint density at radius 3 is 2.41 bits per heavy atom. The second-order valence-electron chi connectivity index (χ2n) is 6.08. The average Bonchev–Trinajstić information content (AvgIpc) is 2.53. The molecule has 0 aromatic heterocycles. The molecule has 0 atom stereocenters. The van der Waals surface area contributed by atoms with Gasteiger partial charge in [0.25, 0.3) is 0 Å². The van der Waals surface area contributed by atoms with Gasteiger partial charge in [0.2, 0.25) is 0 Å². The number of urea groups is 1. The van der Waals surface area contributed by atoms with Crippen LogP contribution < -0.4 is 5.32 Å². The van der Waals surface area contributed by atoms with Gasteiger partial charge in [0.05, 0.1) is 5.92 Å². The van der Waals surface area contributed by atoms with Crippen molar-refractivity contribution < 1.29 is 14.7 Å². The van der Waals surface area contributed by atoms with Crippen molar-refractivity contribution in [3.05, 3.63) is 35.9 Å². The molecule has 1 aliphatic rings. The first-order valence-electron chi connectivity index (χ1n) is 7.82. The third kappa shape index (κ3) is 4.76. The van der Waals surface area contributed by atoms with Gasteiger partial charge in [0.1, 0.15) is 0 Å². The summed E-state index contributed by atoms with van der Waals surface area (Å²) in [5, 5.41) is 11.9. The molecule has 1 aromatic carbocycles. The van der Waals surface area contributed by atoms with E-state index in [1.807, 2.05) is 30.3 Å². The molecule has 2 rings (SSSR count). The Hall–Kier alpha value is -2.04. The second kappa shape index (κ2) is 7.82. The first kappa shape index (κ1) is 16.3. The number of nitrogens with zero attached hydrogens (tertiary/aromatic N) is 1. The molecule has 5 nitrogen and oxygen atoms in total. The van der Waals surface area contributed by atoms with E-state index in [9.17, 15) is 9.59 Å². The van der Waals surface area contributed by atoms with Gasteiger partial charge in [0.15, 0.2) is 0 Å². The number of nitrogens with one attached hydrogen (secondary N) is 1. The Morgan fingerprint density at radius 2 is 1.82 bits per heavy atom. The van der Waals surface area contributed by atoms with Crippen LogP contribution in [0.5, 0.6) is 0 Å². The van der Waals surface area contributed by atoms with E-state index in [1.54, 1.807) is 11.9 Å². The summed E-state index contributed by atoms with van der Waals surface area (Å²) in [6.07, 6.45) is 3.19. The van der Waals surface area contributed by atoms with Crippen LogP contribution in [0.25, 0.3) is 0 Å². The van der Waals surface area contributed by atoms with Crippen molar-refractivity contribution in [2.24, 2.45) is 11.8 Å². The van der Waals surface area contributed by atoms with E-state index in [-0.39, 0.29) is 11.9 Å². The molecule has 120 valence electrons. The van der Waals surface area contributed by atoms with Gasteiger partial charge in [-0.05, 0) is 37.2 Å². The van der Waals surface area contributed by atoms with Gasteiger partial charge < -0.3 is 15.3 Å². The highest BCUT2D eigenvalue weighted by Crippen LogP contribution is 2.28. The minimum atomic E-state index is -0.690. The Kier molecular flexibility index (Phi) is 5.81. The van der Waals surface area contributed by atoms with Gasteiger partial charge >= 0.3 is 12.0 Å². The molecule has 22 heavy (non-hydrogen) atoms. The topological polar surface area (TPSA) is 69.6 Å². The maximum absolute atomic E-state index is 12.1. The molecular weight excluding hydrogens is 280 g/mol. The highest BCUT2D eigenvalue weighted by Gasteiger charge is 2.26. The van der Waals surface area contributed by atoms with Crippen LogP contribution >= 0.6 is 0 Å². The first-order chi connectivity index (χ1) is 10.6. The van der Waals surface area contributed by atoms with Crippen molar-refractivity contribution in [3.8, 4) is 0 Å². The fourth-order valence-electron chi connectivity index (χ4n) is 2.91. The molecule has 0 spiro atoms. The molecule has 1 aliphatic carbocycles. The van der Waals surface area contributed by atoms with Crippen LogP contribution in [0, 0.1) is 11.8 Å². The van der Waals surface area contributed by atoms with E-state index in [1.165, 1.54) is 0 Å². The molecule has 0 bridgehead atoms. The lowest BCUT2D eigenvalue weighted by atomic mass is 9.82. The second-order valence-corrected chi connectivity index (χ2v) is 6.08. The number of carbonyl (C=O) groups excluding carboxylic acids is 1. The maximum atomic E-state index is 12.1. The summed E-state index contributed by atoms with van der Waals surface area (Å²) in [5.41, 5.74) is 1.10. The van der Waals surface area contributed by atoms with Gasteiger partial charge in [-0.2, -0.15) is 0 Å². The van der Waals surface area contributed by atoms with Crippen molar-refractivity contribution in [1.29, 1.82) is 0 Å². The predicted molar refractivity (Wildman–Crippen MR) is 84.4 cm³/mol. The van der Waals surface area contributed by atoms with Crippen LogP contribution in [0.15, 0.2) is 30.3 Å². The summed E-state index contributed by atoms with van der Waals surface area (Å²) >= 11 is 0. The average molecular weight is 304 g/mol.